The molecular formula is C30H21Cl2N3O3S. The molecular weight excluding hydrogens is 553 g/mol. The molecule has 3 aromatic carbocycles. The van der Waals surface area contributed by atoms with Crippen molar-refractivity contribution in [1.82, 2.24) is 4.57 Å². The summed E-state index contributed by atoms with van der Waals surface area (Å²) in [7, 11) is 0. The number of aromatic nitrogens is 1. The lowest BCUT2D eigenvalue weighted by atomic mass is 9.84. The fourth-order valence-electron chi connectivity index (χ4n) is 5.18. The zero-order valence-corrected chi connectivity index (χ0v) is 22.8. The molecule has 0 bridgehead atoms. The van der Waals surface area contributed by atoms with E-state index in [2.05, 4.69) is 6.08 Å². The fraction of sp³-hybridized carbons (Fsp3) is 0.133. The van der Waals surface area contributed by atoms with Crippen LogP contribution in [0.1, 0.15) is 42.0 Å². The van der Waals surface area contributed by atoms with Crippen molar-refractivity contribution in [2.24, 2.45) is 4.99 Å². The van der Waals surface area contributed by atoms with E-state index < -0.39 is 4.92 Å². The number of fused-ring (bicyclic) bond motifs is 1. The van der Waals surface area contributed by atoms with Crippen LogP contribution in [0, 0.1) is 10.1 Å². The van der Waals surface area contributed by atoms with E-state index >= 15 is 0 Å². The van der Waals surface area contributed by atoms with Crippen molar-refractivity contribution in [1.29, 1.82) is 0 Å². The van der Waals surface area contributed by atoms with Crippen LogP contribution < -0.4 is 14.9 Å². The SMILES string of the molecule is O=c1/c(=C\c2ccccc2[N+](=O)[O-])sc2n1[C@@H](c1ccc(Cl)cc1)C1=C(N=2)/C(=C/c2ccc(Cl)cc2)CCC1. The zero-order valence-electron chi connectivity index (χ0n) is 20.5. The van der Waals surface area contributed by atoms with Gasteiger partial charge in [-0.1, -0.05) is 70.9 Å². The second kappa shape index (κ2) is 10.4. The normalized spacial score (nSPS) is 18.1. The second-order valence-corrected chi connectivity index (χ2v) is 11.3. The van der Waals surface area contributed by atoms with Crippen molar-refractivity contribution < 1.29 is 4.92 Å². The van der Waals surface area contributed by atoms with E-state index in [1.807, 2.05) is 48.5 Å². The van der Waals surface area contributed by atoms with Crippen LogP contribution in [0.2, 0.25) is 10.0 Å². The summed E-state index contributed by atoms with van der Waals surface area (Å²) in [6.45, 7) is 0. The predicted molar refractivity (Wildman–Crippen MR) is 156 cm³/mol. The molecule has 39 heavy (non-hydrogen) atoms. The number of rotatable bonds is 4. The van der Waals surface area contributed by atoms with Crippen molar-refractivity contribution in [2.45, 2.75) is 25.3 Å². The van der Waals surface area contributed by atoms with Gasteiger partial charge in [0.25, 0.3) is 11.2 Å². The first-order chi connectivity index (χ1) is 18.9. The number of nitro benzene ring substituents is 1. The average Bonchev–Trinajstić information content (AvgIpc) is 3.24. The average molecular weight is 574 g/mol. The van der Waals surface area contributed by atoms with Gasteiger partial charge in [0.05, 0.1) is 26.8 Å². The van der Waals surface area contributed by atoms with Crippen LogP contribution in [0.15, 0.2) is 99.4 Å². The molecule has 2 heterocycles. The Morgan fingerprint density at radius 3 is 2.36 bits per heavy atom. The Balaban J connectivity index is 1.58. The van der Waals surface area contributed by atoms with Gasteiger partial charge < -0.3 is 0 Å². The summed E-state index contributed by atoms with van der Waals surface area (Å²) in [5, 5.41) is 12.9. The van der Waals surface area contributed by atoms with E-state index in [-0.39, 0.29) is 17.3 Å². The molecule has 1 aliphatic heterocycles. The molecule has 9 heteroatoms. The number of benzene rings is 3. The highest BCUT2D eigenvalue weighted by Gasteiger charge is 2.32. The third-order valence-electron chi connectivity index (χ3n) is 6.95. The molecule has 194 valence electrons. The van der Waals surface area contributed by atoms with Gasteiger partial charge in [0.1, 0.15) is 0 Å². The Morgan fingerprint density at radius 2 is 1.64 bits per heavy atom. The molecule has 1 atom stereocenters. The fourth-order valence-corrected chi connectivity index (χ4v) is 6.42. The third kappa shape index (κ3) is 4.89. The molecule has 6 rings (SSSR count). The minimum absolute atomic E-state index is 0.0509. The Morgan fingerprint density at radius 1 is 0.949 bits per heavy atom. The van der Waals surface area contributed by atoms with Crippen LogP contribution in [0.4, 0.5) is 5.69 Å². The molecule has 0 spiro atoms. The van der Waals surface area contributed by atoms with Gasteiger partial charge in [-0.2, -0.15) is 0 Å². The van der Waals surface area contributed by atoms with Crippen LogP contribution in [-0.4, -0.2) is 9.49 Å². The molecule has 6 nitrogen and oxygen atoms in total. The molecule has 2 aliphatic rings. The van der Waals surface area contributed by atoms with Gasteiger partial charge in [-0.25, -0.2) is 4.99 Å². The third-order valence-corrected chi connectivity index (χ3v) is 8.44. The van der Waals surface area contributed by atoms with E-state index in [1.165, 1.54) is 17.4 Å². The molecule has 1 aromatic heterocycles. The van der Waals surface area contributed by atoms with Crippen LogP contribution in [0.3, 0.4) is 0 Å². The highest BCUT2D eigenvalue weighted by atomic mass is 35.5. The predicted octanol–water partition coefficient (Wildman–Crippen LogP) is 6.70. The van der Waals surface area contributed by atoms with Gasteiger partial charge >= 0.3 is 0 Å². The van der Waals surface area contributed by atoms with E-state index in [0.29, 0.717) is 24.9 Å². The van der Waals surface area contributed by atoms with Crippen molar-refractivity contribution in [2.75, 3.05) is 0 Å². The Bertz CT molecular complexity index is 1850. The summed E-state index contributed by atoms with van der Waals surface area (Å²) >= 11 is 13.5. The summed E-state index contributed by atoms with van der Waals surface area (Å²) in [4.78, 5) is 30.6. The van der Waals surface area contributed by atoms with E-state index in [4.69, 9.17) is 28.2 Å². The summed E-state index contributed by atoms with van der Waals surface area (Å²) in [5.74, 6) is 0. The van der Waals surface area contributed by atoms with Crippen LogP contribution >= 0.6 is 34.5 Å². The summed E-state index contributed by atoms with van der Waals surface area (Å²) in [6, 6.07) is 21.3. The Kier molecular flexibility index (Phi) is 6.81. The van der Waals surface area contributed by atoms with Gasteiger partial charge in [-0.05, 0) is 84.0 Å². The first-order valence-electron chi connectivity index (χ1n) is 12.4. The molecule has 1 aliphatic carbocycles. The molecule has 0 N–H and O–H groups in total. The van der Waals surface area contributed by atoms with Gasteiger partial charge in [-0.3, -0.25) is 19.5 Å². The standard InChI is InChI=1S/C30H21Cl2N3O3S/c31-22-12-8-18(9-13-22)16-21-5-3-6-24-27(21)33-30-34(28(24)19-10-14-23(32)15-11-19)29(36)26(39-30)17-20-4-1-2-7-25(20)35(37)38/h1-2,4,7-17,28H,3,5-6H2/b21-16+,26-17+/t28-/m0/s1. The van der Waals surface area contributed by atoms with Crippen molar-refractivity contribution >= 4 is 52.4 Å². The van der Waals surface area contributed by atoms with Gasteiger partial charge in [0.15, 0.2) is 4.80 Å². The highest BCUT2D eigenvalue weighted by Crippen LogP contribution is 2.41. The number of allylic oxidation sites excluding steroid dienone is 2. The van der Waals surface area contributed by atoms with Crippen molar-refractivity contribution in [3.63, 3.8) is 0 Å². The number of hydrogen-bond acceptors (Lipinski definition) is 5. The van der Waals surface area contributed by atoms with Gasteiger partial charge in [-0.15, -0.1) is 0 Å². The Hall–Kier alpha value is -3.78. The smallest absolute Gasteiger partial charge is 0.272 e. The topological polar surface area (TPSA) is 77.5 Å². The number of para-hydroxylation sites is 1. The van der Waals surface area contributed by atoms with Gasteiger partial charge in [0, 0.05) is 16.1 Å². The minimum atomic E-state index is -0.439. The summed E-state index contributed by atoms with van der Waals surface area (Å²) in [6.07, 6.45) is 6.32. The first-order valence-corrected chi connectivity index (χ1v) is 14.0. The van der Waals surface area contributed by atoms with E-state index in [0.717, 1.165) is 47.2 Å². The first kappa shape index (κ1) is 25.5. The van der Waals surface area contributed by atoms with Crippen molar-refractivity contribution in [3.05, 3.63) is 146 Å². The maximum atomic E-state index is 13.9. The lowest BCUT2D eigenvalue weighted by Crippen LogP contribution is -2.39. The number of hydrogen-bond donors (Lipinski definition) is 0. The van der Waals surface area contributed by atoms with E-state index in [9.17, 15) is 14.9 Å². The van der Waals surface area contributed by atoms with Crippen LogP contribution in [-0.2, 0) is 0 Å². The number of halogens is 2. The molecule has 0 saturated carbocycles. The largest absolute Gasteiger partial charge is 0.276 e. The lowest BCUT2D eigenvalue weighted by Gasteiger charge is -2.31. The molecule has 0 amide bonds. The molecule has 0 unspecified atom stereocenters. The summed E-state index contributed by atoms with van der Waals surface area (Å²) < 4.78 is 2.11. The maximum Gasteiger partial charge on any atom is 0.276 e. The molecule has 4 aromatic rings. The number of nitrogens with zero attached hydrogens (tertiary/aromatic N) is 3. The summed E-state index contributed by atoms with van der Waals surface area (Å²) in [5.41, 5.74) is 5.15. The second-order valence-electron chi connectivity index (χ2n) is 9.40. The minimum Gasteiger partial charge on any atom is -0.272 e. The number of thiazole rings is 1. The van der Waals surface area contributed by atoms with Crippen molar-refractivity contribution in [3.8, 4) is 0 Å². The monoisotopic (exact) mass is 573 g/mol. The van der Waals surface area contributed by atoms with Crippen LogP contribution in [0.25, 0.3) is 12.2 Å². The maximum absolute atomic E-state index is 13.9. The molecule has 0 radical (unpaired) electrons. The van der Waals surface area contributed by atoms with Gasteiger partial charge in [0.2, 0.25) is 0 Å². The lowest BCUT2D eigenvalue weighted by molar-refractivity contribution is -0.385. The molecule has 0 fully saturated rings. The Labute approximate surface area is 237 Å². The molecule has 0 saturated heterocycles. The zero-order chi connectivity index (χ0) is 27.1. The number of nitro groups is 1. The van der Waals surface area contributed by atoms with Crippen LogP contribution in [0.5, 0.6) is 0 Å². The highest BCUT2D eigenvalue weighted by molar-refractivity contribution is 7.07. The van der Waals surface area contributed by atoms with E-state index in [1.54, 1.807) is 28.8 Å². The quantitative estimate of drug-likeness (QED) is 0.201.